The zero-order valence-electron chi connectivity index (χ0n) is 15.8. The summed E-state index contributed by atoms with van der Waals surface area (Å²) in [5.41, 5.74) is 6.03. The SMILES string of the molecule is O=C(NNC(=O)c1ccc(Oc2cccc(Br)c2)nc1)c1ccc(-n2cnnn2)cc1. The molecule has 4 aromatic rings. The Morgan fingerprint density at radius 3 is 2.32 bits per heavy atom. The van der Waals surface area contributed by atoms with E-state index in [0.29, 0.717) is 22.9 Å². The number of hydrogen-bond donors (Lipinski definition) is 2. The van der Waals surface area contributed by atoms with E-state index in [-0.39, 0.29) is 5.56 Å². The van der Waals surface area contributed by atoms with Crippen LogP contribution in [0, 0.1) is 0 Å². The minimum Gasteiger partial charge on any atom is -0.439 e. The number of carbonyl (C=O) groups is 2. The van der Waals surface area contributed by atoms with Crippen LogP contribution in [0.25, 0.3) is 5.69 Å². The van der Waals surface area contributed by atoms with Crippen molar-refractivity contribution in [1.82, 2.24) is 36.0 Å². The number of nitrogens with one attached hydrogen (secondary N) is 2. The van der Waals surface area contributed by atoms with Crippen molar-refractivity contribution in [3.05, 3.63) is 88.8 Å². The predicted octanol–water partition coefficient (Wildman–Crippen LogP) is 2.69. The second-order valence-electron chi connectivity index (χ2n) is 6.15. The van der Waals surface area contributed by atoms with Gasteiger partial charge in [-0.05, 0) is 59.0 Å². The normalized spacial score (nSPS) is 10.4. The zero-order chi connectivity index (χ0) is 21.6. The van der Waals surface area contributed by atoms with Gasteiger partial charge >= 0.3 is 0 Å². The fraction of sp³-hybridized carbons (Fsp3) is 0. The maximum atomic E-state index is 12.3. The molecule has 0 aliphatic rings. The molecule has 0 saturated heterocycles. The Hall–Kier alpha value is -4.12. The number of halogens is 1. The first-order chi connectivity index (χ1) is 15.1. The Labute approximate surface area is 184 Å². The van der Waals surface area contributed by atoms with Crippen molar-refractivity contribution in [1.29, 1.82) is 0 Å². The molecule has 31 heavy (non-hydrogen) atoms. The number of nitrogens with zero attached hydrogens (tertiary/aromatic N) is 5. The lowest BCUT2D eigenvalue weighted by Gasteiger charge is -2.09. The molecular formula is C20H14BrN7O3. The highest BCUT2D eigenvalue weighted by atomic mass is 79.9. The van der Waals surface area contributed by atoms with Gasteiger partial charge in [-0.25, -0.2) is 9.67 Å². The van der Waals surface area contributed by atoms with Crippen molar-refractivity contribution < 1.29 is 14.3 Å². The van der Waals surface area contributed by atoms with E-state index in [2.05, 4.69) is 47.3 Å². The van der Waals surface area contributed by atoms with E-state index in [1.807, 2.05) is 12.1 Å². The monoisotopic (exact) mass is 479 g/mol. The average molecular weight is 480 g/mol. The summed E-state index contributed by atoms with van der Waals surface area (Å²) in [5, 5.41) is 10.9. The van der Waals surface area contributed by atoms with Gasteiger partial charge in [-0.3, -0.25) is 20.4 Å². The molecule has 2 aromatic carbocycles. The lowest BCUT2D eigenvalue weighted by molar-refractivity contribution is 0.0846. The molecule has 0 spiro atoms. The van der Waals surface area contributed by atoms with Crippen molar-refractivity contribution in [2.75, 3.05) is 0 Å². The number of pyridine rings is 1. The number of hydrazine groups is 1. The smallest absolute Gasteiger partial charge is 0.271 e. The number of amides is 2. The van der Waals surface area contributed by atoms with Crippen LogP contribution in [0.3, 0.4) is 0 Å². The first-order valence-corrected chi connectivity index (χ1v) is 9.71. The minimum absolute atomic E-state index is 0.260. The molecule has 0 bridgehead atoms. The molecule has 0 radical (unpaired) electrons. The van der Waals surface area contributed by atoms with Gasteiger partial charge in [0.05, 0.1) is 11.3 Å². The van der Waals surface area contributed by atoms with Gasteiger partial charge in [-0.15, -0.1) is 5.10 Å². The molecule has 0 unspecified atom stereocenters. The summed E-state index contributed by atoms with van der Waals surface area (Å²) < 4.78 is 7.97. The van der Waals surface area contributed by atoms with Crippen LogP contribution in [0.15, 0.2) is 77.7 Å². The largest absolute Gasteiger partial charge is 0.439 e. The lowest BCUT2D eigenvalue weighted by atomic mass is 10.2. The molecule has 154 valence electrons. The Morgan fingerprint density at radius 1 is 0.935 bits per heavy atom. The first kappa shape index (κ1) is 20.2. The number of rotatable bonds is 5. The molecule has 10 nitrogen and oxygen atoms in total. The maximum absolute atomic E-state index is 12.3. The van der Waals surface area contributed by atoms with Gasteiger partial charge < -0.3 is 4.74 Å². The fourth-order valence-electron chi connectivity index (χ4n) is 2.53. The highest BCUT2D eigenvalue weighted by molar-refractivity contribution is 9.10. The van der Waals surface area contributed by atoms with Crippen LogP contribution in [-0.4, -0.2) is 37.0 Å². The second kappa shape index (κ2) is 9.13. The summed E-state index contributed by atoms with van der Waals surface area (Å²) in [7, 11) is 0. The molecule has 0 atom stereocenters. The van der Waals surface area contributed by atoms with Crippen molar-refractivity contribution in [2.45, 2.75) is 0 Å². The van der Waals surface area contributed by atoms with E-state index in [0.717, 1.165) is 4.47 Å². The van der Waals surface area contributed by atoms with Crippen LogP contribution < -0.4 is 15.6 Å². The number of aromatic nitrogens is 5. The Morgan fingerprint density at radius 2 is 1.68 bits per heavy atom. The average Bonchev–Trinajstić information content (AvgIpc) is 3.33. The van der Waals surface area contributed by atoms with Crippen LogP contribution in [0.1, 0.15) is 20.7 Å². The standard InChI is InChI=1S/C20H14BrN7O3/c21-15-2-1-3-17(10-15)31-18-9-6-14(11-22-18)20(30)25-24-19(29)13-4-7-16(8-5-13)28-12-23-26-27-28/h1-12H,(H,24,29)(H,25,30). The third kappa shape index (κ3) is 5.08. The first-order valence-electron chi connectivity index (χ1n) is 8.92. The van der Waals surface area contributed by atoms with E-state index >= 15 is 0 Å². The van der Waals surface area contributed by atoms with E-state index < -0.39 is 11.8 Å². The van der Waals surface area contributed by atoms with E-state index in [4.69, 9.17) is 4.74 Å². The summed E-state index contributed by atoms with van der Waals surface area (Å²) >= 11 is 3.37. The minimum atomic E-state index is -0.514. The molecule has 11 heteroatoms. The van der Waals surface area contributed by atoms with Crippen molar-refractivity contribution in [3.8, 4) is 17.3 Å². The molecule has 0 aliphatic carbocycles. The van der Waals surface area contributed by atoms with Crippen LogP contribution >= 0.6 is 15.9 Å². The van der Waals surface area contributed by atoms with Crippen LogP contribution in [0.2, 0.25) is 0 Å². The van der Waals surface area contributed by atoms with Crippen molar-refractivity contribution in [3.63, 3.8) is 0 Å². The number of carbonyl (C=O) groups excluding carboxylic acids is 2. The summed E-state index contributed by atoms with van der Waals surface area (Å²) in [5.74, 6) is -0.0434. The molecule has 0 saturated carbocycles. The number of hydrogen-bond acceptors (Lipinski definition) is 7. The van der Waals surface area contributed by atoms with Crippen molar-refractivity contribution >= 4 is 27.7 Å². The van der Waals surface area contributed by atoms with E-state index in [1.54, 1.807) is 48.5 Å². The summed E-state index contributed by atoms with van der Waals surface area (Å²) in [4.78, 5) is 28.6. The maximum Gasteiger partial charge on any atom is 0.271 e. The van der Waals surface area contributed by atoms with Crippen LogP contribution in [0.4, 0.5) is 0 Å². The van der Waals surface area contributed by atoms with Gasteiger partial charge in [-0.1, -0.05) is 22.0 Å². The number of benzene rings is 2. The molecule has 2 heterocycles. The van der Waals surface area contributed by atoms with Gasteiger partial charge in [0.1, 0.15) is 12.1 Å². The van der Waals surface area contributed by atoms with Gasteiger partial charge in [0.2, 0.25) is 5.88 Å². The molecule has 0 fully saturated rings. The zero-order valence-corrected chi connectivity index (χ0v) is 17.4. The molecule has 2 aromatic heterocycles. The molecule has 2 N–H and O–H groups in total. The van der Waals surface area contributed by atoms with Gasteiger partial charge in [0.25, 0.3) is 11.8 Å². The van der Waals surface area contributed by atoms with Gasteiger partial charge in [-0.2, -0.15) is 0 Å². The Bertz CT molecular complexity index is 1200. The fourth-order valence-corrected chi connectivity index (χ4v) is 2.91. The highest BCUT2D eigenvalue weighted by Gasteiger charge is 2.11. The van der Waals surface area contributed by atoms with E-state index in [1.165, 1.54) is 17.2 Å². The molecule has 4 rings (SSSR count). The quantitative estimate of drug-likeness (QED) is 0.421. The molecular weight excluding hydrogens is 466 g/mol. The summed E-state index contributed by atoms with van der Waals surface area (Å²) in [6.07, 6.45) is 2.80. The number of ether oxygens (including phenoxy) is 1. The third-order valence-corrected chi connectivity index (χ3v) is 4.54. The van der Waals surface area contributed by atoms with Crippen LogP contribution in [-0.2, 0) is 0 Å². The predicted molar refractivity (Wildman–Crippen MR) is 113 cm³/mol. The Kier molecular flexibility index (Phi) is 5.94. The summed E-state index contributed by atoms with van der Waals surface area (Å²) in [6.45, 7) is 0. The Balaban J connectivity index is 1.32. The topological polar surface area (TPSA) is 124 Å². The highest BCUT2D eigenvalue weighted by Crippen LogP contribution is 2.22. The van der Waals surface area contributed by atoms with Gasteiger partial charge in [0, 0.05) is 22.3 Å². The van der Waals surface area contributed by atoms with Crippen LogP contribution in [0.5, 0.6) is 11.6 Å². The molecule has 2 amide bonds. The number of tetrazole rings is 1. The molecule has 0 aliphatic heterocycles. The summed E-state index contributed by atoms with van der Waals surface area (Å²) in [6, 6.07) is 17.0. The van der Waals surface area contributed by atoms with E-state index in [9.17, 15) is 9.59 Å². The second-order valence-corrected chi connectivity index (χ2v) is 7.07. The third-order valence-electron chi connectivity index (χ3n) is 4.05. The lowest BCUT2D eigenvalue weighted by Crippen LogP contribution is -2.41. The van der Waals surface area contributed by atoms with Crippen molar-refractivity contribution in [2.24, 2.45) is 0 Å². The van der Waals surface area contributed by atoms with Gasteiger partial charge in [0.15, 0.2) is 0 Å².